The number of alkyl halides is 2. The van der Waals surface area contributed by atoms with Crippen LogP contribution in [0.5, 0.6) is 0 Å². The van der Waals surface area contributed by atoms with Crippen molar-refractivity contribution < 1.29 is 8.78 Å². The number of aryl methyl sites for hydroxylation is 1. The number of hydrogen-bond acceptors (Lipinski definition) is 5. The quantitative estimate of drug-likeness (QED) is 0.498. The van der Waals surface area contributed by atoms with Crippen molar-refractivity contribution >= 4 is 22.6 Å². The summed E-state index contributed by atoms with van der Waals surface area (Å²) in [4.78, 5) is 12.9. The monoisotopic (exact) mass is 425 g/mol. The summed E-state index contributed by atoms with van der Waals surface area (Å²) in [7, 11) is 0. The van der Waals surface area contributed by atoms with E-state index in [0.717, 1.165) is 28.1 Å². The van der Waals surface area contributed by atoms with Gasteiger partial charge in [-0.2, -0.15) is 0 Å². The Kier molecular flexibility index (Phi) is 4.64. The first kappa shape index (κ1) is 19.8. The minimum atomic E-state index is -2.59. The molecule has 2 fully saturated rings. The highest BCUT2D eigenvalue weighted by molar-refractivity contribution is 5.85. The lowest BCUT2D eigenvalue weighted by Crippen LogP contribution is -2.37. The van der Waals surface area contributed by atoms with Crippen LogP contribution in [0, 0.1) is 12.8 Å². The molecule has 2 N–H and O–H groups in total. The molecule has 4 aromatic heterocycles. The van der Waals surface area contributed by atoms with Gasteiger partial charge in [0.15, 0.2) is 5.65 Å². The Labute approximate surface area is 178 Å². The molecule has 2 aliphatic carbocycles. The van der Waals surface area contributed by atoms with Gasteiger partial charge in [-0.3, -0.25) is 0 Å². The number of fused-ring (bicyclic) bond motifs is 2. The Hall–Kier alpha value is -3.10. The Balaban J connectivity index is 0.000000361. The molecule has 6 rings (SSSR count). The van der Waals surface area contributed by atoms with E-state index in [9.17, 15) is 8.78 Å². The van der Waals surface area contributed by atoms with Crippen molar-refractivity contribution in [2.75, 3.05) is 5.73 Å². The molecule has 0 unspecified atom stereocenters. The molecule has 0 amide bonds. The van der Waals surface area contributed by atoms with Gasteiger partial charge in [-0.1, -0.05) is 26.2 Å². The third kappa shape index (κ3) is 3.62. The third-order valence-electron chi connectivity index (χ3n) is 6.30. The fourth-order valence-corrected chi connectivity index (χ4v) is 4.28. The second-order valence-electron chi connectivity index (χ2n) is 8.73. The molecule has 7 nitrogen and oxygen atoms in total. The van der Waals surface area contributed by atoms with Gasteiger partial charge in [-0.25, -0.2) is 28.2 Å². The topological polar surface area (TPSA) is 86.9 Å². The van der Waals surface area contributed by atoms with Gasteiger partial charge in [-0.15, -0.1) is 5.10 Å². The van der Waals surface area contributed by atoms with E-state index < -0.39 is 5.92 Å². The van der Waals surface area contributed by atoms with E-state index in [1.54, 1.807) is 23.1 Å². The van der Waals surface area contributed by atoms with Crippen LogP contribution >= 0.6 is 0 Å². The van der Waals surface area contributed by atoms with Crippen LogP contribution in [0.25, 0.3) is 27.8 Å². The van der Waals surface area contributed by atoms with Crippen molar-refractivity contribution in [1.29, 1.82) is 0 Å². The first-order valence-electron chi connectivity index (χ1n) is 10.6. The summed E-state index contributed by atoms with van der Waals surface area (Å²) < 4.78 is 30.2. The summed E-state index contributed by atoms with van der Waals surface area (Å²) in [6.45, 7) is 4.13. The van der Waals surface area contributed by atoms with Crippen molar-refractivity contribution in [2.45, 2.75) is 57.9 Å². The van der Waals surface area contributed by atoms with Crippen LogP contribution in [-0.4, -0.2) is 35.1 Å². The molecule has 0 spiro atoms. The lowest BCUT2D eigenvalue weighted by molar-refractivity contribution is -0.103. The summed E-state index contributed by atoms with van der Waals surface area (Å²) in [5.74, 6) is -0.639. The van der Waals surface area contributed by atoms with Crippen molar-refractivity contribution in [3.8, 4) is 11.1 Å². The second-order valence-corrected chi connectivity index (χ2v) is 8.73. The van der Waals surface area contributed by atoms with E-state index in [1.807, 2.05) is 23.6 Å². The molecule has 0 aliphatic heterocycles. The van der Waals surface area contributed by atoms with Gasteiger partial charge in [0.1, 0.15) is 5.82 Å². The van der Waals surface area contributed by atoms with Crippen molar-refractivity contribution in [3.05, 3.63) is 36.5 Å². The number of anilines is 1. The largest absolute Gasteiger partial charge is 0.367 e. The normalized spacial score (nSPS) is 18.5. The number of aromatic nitrogens is 6. The Morgan fingerprint density at radius 1 is 1.13 bits per heavy atom. The van der Waals surface area contributed by atoms with E-state index in [0.29, 0.717) is 11.5 Å². The number of rotatable bonds is 2. The molecule has 31 heavy (non-hydrogen) atoms. The summed E-state index contributed by atoms with van der Waals surface area (Å²) in [5, 5.41) is 4.13. The number of imidazole rings is 1. The predicted molar refractivity (Wildman–Crippen MR) is 115 cm³/mol. The molecule has 0 radical (unpaired) electrons. The third-order valence-corrected chi connectivity index (χ3v) is 6.30. The number of nitrogens with two attached hydrogens (primary N) is 1. The van der Waals surface area contributed by atoms with Crippen LogP contribution in [-0.2, 0) is 0 Å². The van der Waals surface area contributed by atoms with Crippen molar-refractivity contribution in [2.24, 2.45) is 5.92 Å². The Morgan fingerprint density at radius 3 is 2.52 bits per heavy atom. The first-order chi connectivity index (χ1) is 14.8. The molecule has 2 saturated carbocycles. The molecule has 4 aromatic rings. The maximum absolute atomic E-state index is 13.3. The van der Waals surface area contributed by atoms with Gasteiger partial charge >= 0.3 is 0 Å². The molecule has 0 saturated heterocycles. The molecule has 0 bridgehead atoms. The van der Waals surface area contributed by atoms with Gasteiger partial charge in [0, 0.05) is 42.4 Å². The number of halogens is 2. The smallest absolute Gasteiger partial charge is 0.252 e. The first-order valence-corrected chi connectivity index (χ1v) is 10.6. The highest BCUT2D eigenvalue weighted by Crippen LogP contribution is 2.47. The average Bonchev–Trinajstić information content (AvgIpc) is 3.23. The molecular weight excluding hydrogens is 400 g/mol. The number of nitrogen functional groups attached to an aromatic ring is 1. The van der Waals surface area contributed by atoms with Gasteiger partial charge in [0.05, 0.1) is 17.2 Å². The fourth-order valence-electron chi connectivity index (χ4n) is 4.28. The zero-order chi connectivity index (χ0) is 21.8. The van der Waals surface area contributed by atoms with Crippen LogP contribution < -0.4 is 5.73 Å². The number of hydrogen-bond donors (Lipinski definition) is 1. The SMILES string of the molecule is CC1CCC1.Cc1nc2ncc(-c3ccn4nc(N)ncc34)cc2n1C1CC(F)(F)C1. The van der Waals surface area contributed by atoms with Gasteiger partial charge in [0.2, 0.25) is 5.95 Å². The lowest BCUT2D eigenvalue weighted by Gasteiger charge is -2.36. The summed E-state index contributed by atoms with van der Waals surface area (Å²) in [6.07, 6.45) is 9.30. The standard InChI is InChI=1S/C17H15F2N7.C5H10/c1-9-23-15-13(26(9)11-5-17(18,19)6-11)4-10(7-21-15)12-2-3-25-14(12)8-22-16(20)24-25;1-5-3-2-4-5/h2-4,7-8,11H,5-6H2,1H3,(H2,20,24);5H,2-4H2,1H3. The molecule has 4 heterocycles. The average molecular weight is 425 g/mol. The van der Waals surface area contributed by atoms with Crippen LogP contribution in [0.15, 0.2) is 30.7 Å². The van der Waals surface area contributed by atoms with E-state index in [2.05, 4.69) is 27.0 Å². The zero-order valence-electron chi connectivity index (χ0n) is 17.6. The maximum Gasteiger partial charge on any atom is 0.252 e. The van der Waals surface area contributed by atoms with E-state index in [1.165, 1.54) is 19.3 Å². The summed E-state index contributed by atoms with van der Waals surface area (Å²) in [6, 6.07) is 3.59. The minimum absolute atomic E-state index is 0.161. The lowest BCUT2D eigenvalue weighted by atomic mass is 9.87. The number of nitrogens with zero attached hydrogens (tertiary/aromatic N) is 6. The fraction of sp³-hybridized carbons (Fsp3) is 0.455. The maximum atomic E-state index is 13.3. The van der Waals surface area contributed by atoms with E-state index in [4.69, 9.17) is 5.73 Å². The highest BCUT2D eigenvalue weighted by atomic mass is 19.3. The second kappa shape index (κ2) is 7.25. The molecule has 2 aliphatic rings. The van der Waals surface area contributed by atoms with E-state index in [-0.39, 0.29) is 24.8 Å². The minimum Gasteiger partial charge on any atom is -0.367 e. The molecule has 0 atom stereocenters. The summed E-state index contributed by atoms with van der Waals surface area (Å²) in [5.41, 5.74) is 9.47. The van der Waals surface area contributed by atoms with Crippen LogP contribution in [0.3, 0.4) is 0 Å². The summed E-state index contributed by atoms with van der Waals surface area (Å²) >= 11 is 0. The van der Waals surface area contributed by atoms with Crippen LogP contribution in [0.1, 0.15) is 50.9 Å². The molecular formula is C22H25F2N7. The zero-order valence-corrected chi connectivity index (χ0v) is 17.6. The van der Waals surface area contributed by atoms with E-state index >= 15 is 0 Å². The molecule has 9 heteroatoms. The highest BCUT2D eigenvalue weighted by Gasteiger charge is 2.47. The Morgan fingerprint density at radius 2 is 1.87 bits per heavy atom. The van der Waals surface area contributed by atoms with Gasteiger partial charge < -0.3 is 10.3 Å². The van der Waals surface area contributed by atoms with Crippen molar-refractivity contribution in [1.82, 2.24) is 29.1 Å². The van der Waals surface area contributed by atoms with Crippen molar-refractivity contribution in [3.63, 3.8) is 0 Å². The van der Waals surface area contributed by atoms with Gasteiger partial charge in [0.25, 0.3) is 5.92 Å². The van der Waals surface area contributed by atoms with Crippen LogP contribution in [0.4, 0.5) is 14.7 Å². The predicted octanol–water partition coefficient (Wildman–Crippen LogP) is 4.81. The molecule has 0 aromatic carbocycles. The Bertz CT molecular complexity index is 1250. The van der Waals surface area contributed by atoms with Gasteiger partial charge in [-0.05, 0) is 25.0 Å². The van der Waals surface area contributed by atoms with Crippen LogP contribution in [0.2, 0.25) is 0 Å². The number of pyridine rings is 1. The molecule has 162 valence electrons.